The van der Waals surface area contributed by atoms with Gasteiger partial charge in [0.25, 0.3) is 0 Å². The average molecular weight is 401 g/mol. The van der Waals surface area contributed by atoms with Gasteiger partial charge < -0.3 is 9.62 Å². The largest absolute Gasteiger partial charge is 0.308 e. The lowest BCUT2D eigenvalue weighted by molar-refractivity contribution is -0.159. The molecule has 0 atom stereocenters. The molecule has 2 rings (SSSR count). The predicted molar refractivity (Wildman–Crippen MR) is 101 cm³/mol. The van der Waals surface area contributed by atoms with E-state index in [2.05, 4.69) is 19.0 Å². The van der Waals surface area contributed by atoms with Gasteiger partial charge in [0.2, 0.25) is 9.84 Å². The Morgan fingerprint density at radius 1 is 1.23 bits per heavy atom. The summed E-state index contributed by atoms with van der Waals surface area (Å²) in [5.41, 5.74) is 1.85. The second-order valence-corrected chi connectivity index (χ2v) is 8.37. The van der Waals surface area contributed by atoms with Gasteiger partial charge in [0.05, 0.1) is 29.9 Å². The van der Waals surface area contributed by atoms with Crippen molar-refractivity contribution in [1.82, 2.24) is 14.7 Å². The van der Waals surface area contributed by atoms with Gasteiger partial charge in [-0.05, 0) is 52.2 Å². The number of sulfone groups is 1. The summed E-state index contributed by atoms with van der Waals surface area (Å²) in [6.45, 7) is 4.93. The predicted octanol–water partition coefficient (Wildman–Crippen LogP) is 2.45. The molecule has 144 valence electrons. The Labute approximate surface area is 158 Å². The molecule has 0 saturated carbocycles. The molecule has 0 radical (unpaired) electrons. The zero-order valence-electron chi connectivity index (χ0n) is 15.5. The van der Waals surface area contributed by atoms with E-state index in [-0.39, 0.29) is 9.79 Å². The molecule has 0 spiro atoms. The highest BCUT2D eigenvalue weighted by atomic mass is 32.2. The maximum absolute atomic E-state index is 13.1. The Kier molecular flexibility index (Phi) is 7.07. The third kappa shape index (κ3) is 4.77. The molecule has 0 fully saturated rings. The quantitative estimate of drug-likeness (QED) is 0.226. The van der Waals surface area contributed by atoms with Crippen LogP contribution >= 0.6 is 12.2 Å². The summed E-state index contributed by atoms with van der Waals surface area (Å²) in [7, 11) is 1.68. The first-order valence-corrected chi connectivity index (χ1v) is 10.2. The van der Waals surface area contributed by atoms with Crippen LogP contribution < -0.4 is 4.72 Å². The lowest BCUT2D eigenvalue weighted by atomic mass is 10.3. The van der Waals surface area contributed by atoms with Crippen LogP contribution in [0.2, 0.25) is 0 Å². The molecule has 1 aromatic carbocycles. The molecule has 0 unspecified atom stereocenters. The zero-order chi connectivity index (χ0) is 19.3. The van der Waals surface area contributed by atoms with Gasteiger partial charge in [-0.1, -0.05) is 0 Å². The Hall–Kier alpha value is -1.59. The highest BCUT2D eigenvalue weighted by Gasteiger charge is 2.26. The van der Waals surface area contributed by atoms with Crippen molar-refractivity contribution in [2.24, 2.45) is 0 Å². The first kappa shape index (κ1) is 20.7. The molecule has 0 bridgehead atoms. The Morgan fingerprint density at radius 2 is 1.88 bits per heavy atom. The van der Waals surface area contributed by atoms with Gasteiger partial charge in [-0.25, -0.2) is 13.3 Å². The highest BCUT2D eigenvalue weighted by molar-refractivity contribution is 7.95. The minimum atomic E-state index is -3.65. The Morgan fingerprint density at radius 3 is 2.46 bits per heavy atom. The molecule has 1 heterocycles. The normalized spacial score (nSPS) is 11.9. The summed E-state index contributed by atoms with van der Waals surface area (Å²) in [6.07, 6.45) is 0. The van der Waals surface area contributed by atoms with Crippen LogP contribution in [0.5, 0.6) is 0 Å². The van der Waals surface area contributed by atoms with Crippen LogP contribution in [0.1, 0.15) is 11.4 Å². The molecule has 8 nitrogen and oxygen atoms in total. The topological polar surface area (TPSA) is 85.7 Å². The van der Waals surface area contributed by atoms with E-state index in [1.54, 1.807) is 42.8 Å². The maximum atomic E-state index is 13.1. The Bertz CT molecular complexity index is 833. The van der Waals surface area contributed by atoms with Crippen LogP contribution in [0, 0.1) is 13.8 Å². The summed E-state index contributed by atoms with van der Waals surface area (Å²) < 4.78 is 35.4. The minimum absolute atomic E-state index is 0.221. The van der Waals surface area contributed by atoms with E-state index in [0.29, 0.717) is 23.6 Å². The van der Waals surface area contributed by atoms with Crippen LogP contribution in [0.15, 0.2) is 34.1 Å². The van der Waals surface area contributed by atoms with E-state index < -0.39 is 9.84 Å². The van der Waals surface area contributed by atoms with Gasteiger partial charge in [-0.3, -0.25) is 4.68 Å². The van der Waals surface area contributed by atoms with E-state index in [9.17, 15) is 8.42 Å². The number of aromatic nitrogens is 2. The number of hydrogen-bond acceptors (Lipinski definition) is 8. The molecule has 26 heavy (non-hydrogen) atoms. The number of anilines is 1. The Balaban J connectivity index is 2.27. The summed E-state index contributed by atoms with van der Waals surface area (Å²) in [4.78, 5) is 6.98. The lowest BCUT2D eigenvalue weighted by Gasteiger charge is -2.11. The number of rotatable bonds is 9. The fourth-order valence-corrected chi connectivity index (χ4v) is 4.49. The molecule has 10 heteroatoms. The van der Waals surface area contributed by atoms with Gasteiger partial charge >= 0.3 is 0 Å². The first-order valence-electron chi connectivity index (χ1n) is 7.93. The van der Waals surface area contributed by atoms with Crippen LogP contribution in [0.25, 0.3) is 0 Å². The minimum Gasteiger partial charge on any atom is -0.308 e. The van der Waals surface area contributed by atoms with E-state index in [1.165, 1.54) is 7.11 Å². The molecule has 0 aliphatic carbocycles. The number of benzene rings is 1. The van der Waals surface area contributed by atoms with E-state index in [4.69, 9.17) is 0 Å². The van der Waals surface area contributed by atoms with E-state index in [1.807, 2.05) is 19.0 Å². The molecule has 1 aromatic heterocycles. The van der Waals surface area contributed by atoms with Gasteiger partial charge in [-0.2, -0.15) is 5.10 Å². The van der Waals surface area contributed by atoms with Crippen LogP contribution in [-0.4, -0.2) is 50.8 Å². The van der Waals surface area contributed by atoms with Crippen molar-refractivity contribution < 1.29 is 17.6 Å². The highest BCUT2D eigenvalue weighted by Crippen LogP contribution is 2.28. The number of likely N-dealkylation sites (N-methyl/N-ethyl adjacent to an activating group) is 1. The molecule has 0 saturated heterocycles. The third-order valence-corrected chi connectivity index (χ3v) is 6.31. The van der Waals surface area contributed by atoms with E-state index >= 15 is 0 Å². The maximum Gasteiger partial charge on any atom is 0.210 e. The summed E-state index contributed by atoms with van der Waals surface area (Å²) in [5.74, 6) is 0. The number of nitrogens with one attached hydrogen (secondary N) is 1. The van der Waals surface area contributed by atoms with Crippen LogP contribution in [0.4, 0.5) is 5.69 Å². The summed E-state index contributed by atoms with van der Waals surface area (Å²) in [5, 5.41) is 4.41. The summed E-state index contributed by atoms with van der Waals surface area (Å²) in [6, 6.07) is 6.45. The molecule has 0 aliphatic rings. The fraction of sp³-hybridized carbons (Fsp3) is 0.438. The third-order valence-electron chi connectivity index (χ3n) is 3.77. The zero-order valence-corrected chi connectivity index (χ0v) is 17.1. The van der Waals surface area contributed by atoms with Gasteiger partial charge in [0, 0.05) is 12.2 Å². The van der Waals surface area contributed by atoms with Crippen molar-refractivity contribution in [2.45, 2.75) is 30.2 Å². The smallest absolute Gasteiger partial charge is 0.210 e. The van der Waals surface area contributed by atoms with Crippen molar-refractivity contribution in [3.05, 3.63) is 35.7 Å². The molecule has 0 amide bonds. The molecule has 0 aliphatic heterocycles. The first-order chi connectivity index (χ1) is 12.3. The van der Waals surface area contributed by atoms with Crippen LogP contribution in [0.3, 0.4) is 0 Å². The SMILES string of the molecule is COOSNc1ccc(S(=O)(=O)c2c(C)nn(CCN(C)C)c2C)cc1. The number of aryl methyl sites for hydroxylation is 1. The van der Waals surface area contributed by atoms with Crippen molar-refractivity contribution in [3.8, 4) is 0 Å². The van der Waals surface area contributed by atoms with Crippen molar-refractivity contribution in [1.29, 1.82) is 0 Å². The number of nitrogens with zero attached hydrogens (tertiary/aromatic N) is 3. The summed E-state index contributed by atoms with van der Waals surface area (Å²) >= 11 is 0.893. The average Bonchev–Trinajstić information content (AvgIpc) is 2.88. The van der Waals surface area contributed by atoms with Crippen LogP contribution in [-0.2, 0) is 25.6 Å². The second-order valence-electron chi connectivity index (χ2n) is 5.97. The molecule has 1 N–H and O–H groups in total. The molecular weight excluding hydrogens is 376 g/mol. The molecular formula is C16H24N4O4S2. The monoisotopic (exact) mass is 400 g/mol. The van der Waals surface area contributed by atoms with Gasteiger partial charge in [-0.15, -0.1) is 4.33 Å². The van der Waals surface area contributed by atoms with Gasteiger partial charge in [0.15, 0.2) is 0 Å². The van der Waals surface area contributed by atoms with E-state index in [0.717, 1.165) is 18.8 Å². The molecule has 2 aromatic rings. The lowest BCUT2D eigenvalue weighted by Crippen LogP contribution is -2.19. The second kappa shape index (κ2) is 8.87. The van der Waals surface area contributed by atoms with Crippen molar-refractivity contribution >= 4 is 27.8 Å². The van der Waals surface area contributed by atoms with Crippen molar-refractivity contribution in [3.63, 3.8) is 0 Å². The van der Waals surface area contributed by atoms with Gasteiger partial charge in [0.1, 0.15) is 17.1 Å². The number of hydrogen-bond donors (Lipinski definition) is 1. The fourth-order valence-electron chi connectivity index (χ4n) is 2.50. The standard InChI is InChI=1S/C16H24N4O4S2/c1-12-16(13(2)20(17-12)11-10-19(3)4)26(21,22)15-8-6-14(7-9-15)18-25-24-23-5/h6-9,18H,10-11H2,1-5H3. The van der Waals surface area contributed by atoms with Crippen molar-refractivity contribution in [2.75, 3.05) is 32.5 Å².